The van der Waals surface area contributed by atoms with E-state index in [2.05, 4.69) is 52.2 Å². The van der Waals surface area contributed by atoms with Crippen molar-refractivity contribution in [1.29, 1.82) is 0 Å². The summed E-state index contributed by atoms with van der Waals surface area (Å²) in [6.45, 7) is 10.3. The SMILES string of the molecule is CCC(C)(C)n1nnnc1C(c1cc2ccc(C)cc2[nH]c1=O)N(Cc1ccc(Cl)cc1)CC1CCCO1. The molecular formula is C29H35ClN6O2. The van der Waals surface area contributed by atoms with Crippen LogP contribution in [-0.4, -0.2) is 49.3 Å². The first-order chi connectivity index (χ1) is 18.2. The van der Waals surface area contributed by atoms with Crippen molar-refractivity contribution in [2.75, 3.05) is 13.2 Å². The number of ether oxygens (including phenoxy) is 1. The molecule has 1 aliphatic heterocycles. The molecule has 8 nitrogen and oxygen atoms in total. The lowest BCUT2D eigenvalue weighted by Crippen LogP contribution is -2.41. The maximum atomic E-state index is 13.7. The fourth-order valence-corrected chi connectivity index (χ4v) is 5.24. The minimum atomic E-state index is -0.495. The van der Waals surface area contributed by atoms with E-state index in [1.165, 1.54) is 0 Å². The third-order valence-electron chi connectivity index (χ3n) is 7.63. The van der Waals surface area contributed by atoms with E-state index in [1.807, 2.05) is 54.1 Å². The molecule has 1 aliphatic rings. The van der Waals surface area contributed by atoms with Gasteiger partial charge in [-0.05, 0) is 91.2 Å². The highest BCUT2D eigenvalue weighted by atomic mass is 35.5. The van der Waals surface area contributed by atoms with E-state index >= 15 is 0 Å². The molecule has 200 valence electrons. The fraction of sp³-hybridized carbons (Fsp3) is 0.448. The lowest BCUT2D eigenvalue weighted by Gasteiger charge is -2.34. The number of aromatic amines is 1. The number of nitrogens with zero attached hydrogens (tertiary/aromatic N) is 5. The molecule has 2 aromatic carbocycles. The van der Waals surface area contributed by atoms with E-state index in [1.54, 1.807) is 0 Å². The highest BCUT2D eigenvalue weighted by Crippen LogP contribution is 2.33. The van der Waals surface area contributed by atoms with E-state index < -0.39 is 6.04 Å². The summed E-state index contributed by atoms with van der Waals surface area (Å²) in [5.41, 5.74) is 3.11. The summed E-state index contributed by atoms with van der Waals surface area (Å²) in [5.74, 6) is 0.640. The molecule has 1 fully saturated rings. The lowest BCUT2D eigenvalue weighted by molar-refractivity contribution is 0.0562. The molecule has 38 heavy (non-hydrogen) atoms. The zero-order valence-electron chi connectivity index (χ0n) is 22.4. The summed E-state index contributed by atoms with van der Waals surface area (Å²) in [6.07, 6.45) is 2.90. The minimum absolute atomic E-state index is 0.0653. The Labute approximate surface area is 228 Å². The van der Waals surface area contributed by atoms with Crippen LogP contribution in [0.2, 0.25) is 5.02 Å². The second-order valence-corrected chi connectivity index (χ2v) is 11.3. The van der Waals surface area contributed by atoms with Gasteiger partial charge >= 0.3 is 0 Å². The Kier molecular flexibility index (Phi) is 7.66. The smallest absolute Gasteiger partial charge is 0.253 e. The van der Waals surface area contributed by atoms with Crippen molar-refractivity contribution in [3.8, 4) is 0 Å². The number of aryl methyl sites for hydroxylation is 1. The van der Waals surface area contributed by atoms with E-state index in [0.29, 0.717) is 29.5 Å². The van der Waals surface area contributed by atoms with Crippen molar-refractivity contribution < 1.29 is 4.74 Å². The van der Waals surface area contributed by atoms with Crippen LogP contribution in [0.25, 0.3) is 10.9 Å². The quantitative estimate of drug-likeness (QED) is 0.309. The molecule has 0 saturated carbocycles. The molecule has 0 amide bonds. The largest absolute Gasteiger partial charge is 0.377 e. The predicted octanol–water partition coefficient (Wildman–Crippen LogP) is 5.39. The first kappa shape index (κ1) is 26.5. The van der Waals surface area contributed by atoms with Gasteiger partial charge in [0.1, 0.15) is 6.04 Å². The summed E-state index contributed by atoms with van der Waals surface area (Å²) < 4.78 is 7.94. The van der Waals surface area contributed by atoms with E-state index in [0.717, 1.165) is 47.9 Å². The van der Waals surface area contributed by atoms with Gasteiger partial charge in [0.25, 0.3) is 5.56 Å². The van der Waals surface area contributed by atoms with Gasteiger partial charge < -0.3 is 9.72 Å². The fourth-order valence-electron chi connectivity index (χ4n) is 5.11. The van der Waals surface area contributed by atoms with Crippen molar-refractivity contribution >= 4 is 22.5 Å². The molecule has 1 N–H and O–H groups in total. The van der Waals surface area contributed by atoms with Crippen LogP contribution in [0.15, 0.2) is 53.3 Å². The first-order valence-electron chi connectivity index (χ1n) is 13.3. The highest BCUT2D eigenvalue weighted by Gasteiger charge is 2.36. The monoisotopic (exact) mass is 534 g/mol. The predicted molar refractivity (Wildman–Crippen MR) is 149 cm³/mol. The molecule has 0 bridgehead atoms. The number of pyridine rings is 1. The first-order valence-corrected chi connectivity index (χ1v) is 13.7. The number of halogens is 1. The van der Waals surface area contributed by atoms with Crippen molar-refractivity contribution in [1.82, 2.24) is 30.1 Å². The molecule has 0 spiro atoms. The van der Waals surface area contributed by atoms with Gasteiger partial charge in [0.05, 0.1) is 11.6 Å². The molecule has 2 atom stereocenters. The van der Waals surface area contributed by atoms with Crippen molar-refractivity contribution in [3.05, 3.63) is 86.4 Å². The van der Waals surface area contributed by atoms with Crippen LogP contribution in [0.3, 0.4) is 0 Å². The van der Waals surface area contributed by atoms with Crippen LogP contribution in [0.5, 0.6) is 0 Å². The number of fused-ring (bicyclic) bond motifs is 1. The Bertz CT molecular complexity index is 1460. The Hall–Kier alpha value is -3.07. The number of benzene rings is 2. The normalized spacial score (nSPS) is 16.9. The highest BCUT2D eigenvalue weighted by molar-refractivity contribution is 6.30. The second kappa shape index (κ2) is 11.0. The number of H-pyrrole nitrogens is 1. The molecule has 5 rings (SSSR count). The van der Waals surface area contributed by atoms with Gasteiger partial charge in [0.15, 0.2) is 5.82 Å². The number of hydrogen-bond donors (Lipinski definition) is 1. The van der Waals surface area contributed by atoms with Gasteiger partial charge in [-0.2, -0.15) is 0 Å². The number of tetrazole rings is 1. The van der Waals surface area contributed by atoms with Crippen LogP contribution >= 0.6 is 11.6 Å². The number of nitrogens with one attached hydrogen (secondary N) is 1. The molecule has 2 unspecified atom stereocenters. The summed E-state index contributed by atoms with van der Waals surface area (Å²) in [7, 11) is 0. The van der Waals surface area contributed by atoms with Crippen LogP contribution in [-0.2, 0) is 16.8 Å². The molecule has 0 radical (unpaired) electrons. The van der Waals surface area contributed by atoms with Crippen molar-refractivity contribution in [2.45, 2.75) is 71.2 Å². The number of rotatable bonds is 9. The second-order valence-electron chi connectivity index (χ2n) is 10.9. The Balaban J connectivity index is 1.69. The van der Waals surface area contributed by atoms with Crippen LogP contribution in [0.1, 0.15) is 68.6 Å². The lowest BCUT2D eigenvalue weighted by atomic mass is 9.98. The van der Waals surface area contributed by atoms with E-state index in [-0.39, 0.29) is 17.2 Å². The average Bonchev–Trinajstić information content (AvgIpc) is 3.59. The molecular weight excluding hydrogens is 500 g/mol. The zero-order valence-corrected chi connectivity index (χ0v) is 23.2. The van der Waals surface area contributed by atoms with Crippen molar-refractivity contribution in [2.24, 2.45) is 0 Å². The van der Waals surface area contributed by atoms with Gasteiger partial charge in [-0.25, -0.2) is 4.68 Å². The Morgan fingerprint density at radius 2 is 2.00 bits per heavy atom. The summed E-state index contributed by atoms with van der Waals surface area (Å²) in [4.78, 5) is 19.1. The standard InChI is InChI=1S/C29H35ClN6O2/c1-5-29(3,4)36-27(32-33-34-36)26(24-16-21-11-8-19(2)15-25(21)31-28(24)37)35(18-23-7-6-14-38-23)17-20-9-12-22(30)13-10-20/h8-13,15-16,23,26H,5-7,14,17-18H2,1-4H3,(H,31,37). The Morgan fingerprint density at radius 1 is 1.21 bits per heavy atom. The van der Waals surface area contributed by atoms with Crippen molar-refractivity contribution in [3.63, 3.8) is 0 Å². The molecule has 2 aromatic heterocycles. The van der Waals surface area contributed by atoms with Gasteiger partial charge in [0, 0.05) is 35.8 Å². The van der Waals surface area contributed by atoms with Gasteiger partial charge in [0.2, 0.25) is 0 Å². The third-order valence-corrected chi connectivity index (χ3v) is 7.88. The maximum absolute atomic E-state index is 13.7. The van der Waals surface area contributed by atoms with Crippen LogP contribution < -0.4 is 5.56 Å². The number of hydrogen-bond acceptors (Lipinski definition) is 6. The average molecular weight is 535 g/mol. The molecule has 9 heteroatoms. The molecule has 1 saturated heterocycles. The third kappa shape index (κ3) is 5.53. The van der Waals surface area contributed by atoms with Crippen LogP contribution in [0.4, 0.5) is 0 Å². The van der Waals surface area contributed by atoms with E-state index in [9.17, 15) is 4.79 Å². The van der Waals surface area contributed by atoms with Gasteiger partial charge in [-0.1, -0.05) is 42.8 Å². The Morgan fingerprint density at radius 3 is 2.71 bits per heavy atom. The van der Waals surface area contributed by atoms with Crippen LogP contribution in [0, 0.1) is 6.92 Å². The summed E-state index contributed by atoms with van der Waals surface area (Å²) in [5, 5.41) is 14.7. The zero-order chi connectivity index (χ0) is 26.9. The summed E-state index contributed by atoms with van der Waals surface area (Å²) in [6, 6.07) is 15.4. The molecule has 3 heterocycles. The molecule has 4 aromatic rings. The summed E-state index contributed by atoms with van der Waals surface area (Å²) >= 11 is 6.19. The maximum Gasteiger partial charge on any atom is 0.253 e. The van der Waals surface area contributed by atoms with Gasteiger partial charge in [-0.15, -0.1) is 5.10 Å². The molecule has 0 aliphatic carbocycles. The topological polar surface area (TPSA) is 88.9 Å². The number of aromatic nitrogens is 5. The van der Waals surface area contributed by atoms with Gasteiger partial charge in [-0.3, -0.25) is 9.69 Å². The van der Waals surface area contributed by atoms with E-state index in [4.69, 9.17) is 16.3 Å². The minimum Gasteiger partial charge on any atom is -0.377 e.